The fourth-order valence-corrected chi connectivity index (χ4v) is 5.47. The van der Waals surface area contributed by atoms with Gasteiger partial charge in [0.05, 0.1) is 31.4 Å². The van der Waals surface area contributed by atoms with E-state index in [-0.39, 0.29) is 11.6 Å². The summed E-state index contributed by atoms with van der Waals surface area (Å²) in [5.74, 6) is -0.370. The van der Waals surface area contributed by atoms with E-state index in [9.17, 15) is 4.79 Å². The molecule has 1 aliphatic heterocycles. The quantitative estimate of drug-likeness (QED) is 0.367. The number of benzene rings is 1. The van der Waals surface area contributed by atoms with Gasteiger partial charge in [-0.2, -0.15) is 0 Å². The Morgan fingerprint density at radius 2 is 2.00 bits per heavy atom. The monoisotopic (exact) mass is 427 g/mol. The minimum atomic E-state index is -0.370. The molecule has 2 aromatic heterocycles. The van der Waals surface area contributed by atoms with Gasteiger partial charge >= 0.3 is 0 Å². The Kier molecular flexibility index (Phi) is 6.11. The van der Waals surface area contributed by atoms with E-state index in [2.05, 4.69) is 33.3 Å². The van der Waals surface area contributed by atoms with Gasteiger partial charge in [0.25, 0.3) is 5.70 Å². The van der Waals surface area contributed by atoms with Gasteiger partial charge in [-0.1, -0.05) is 0 Å². The number of amides is 1. The summed E-state index contributed by atoms with van der Waals surface area (Å²) in [5.41, 5.74) is 0.0871. The van der Waals surface area contributed by atoms with Gasteiger partial charge in [-0.15, -0.1) is 22.7 Å². The molecule has 1 amide bonds. The van der Waals surface area contributed by atoms with Crippen LogP contribution in [-0.2, 0) is 14.3 Å². The van der Waals surface area contributed by atoms with E-state index >= 15 is 0 Å². The van der Waals surface area contributed by atoms with Crippen LogP contribution in [-0.4, -0.2) is 52.5 Å². The summed E-state index contributed by atoms with van der Waals surface area (Å²) in [6.45, 7) is 11.6. The average Bonchev–Trinajstić information content (AvgIpc) is 3.33. The van der Waals surface area contributed by atoms with Gasteiger partial charge in [0, 0.05) is 41.0 Å². The van der Waals surface area contributed by atoms with Crippen molar-refractivity contribution in [2.75, 3.05) is 51.5 Å². The molecule has 0 saturated carbocycles. The number of carbonyl (C=O) groups is 1. The number of morpholine rings is 1. The van der Waals surface area contributed by atoms with E-state index in [1.165, 1.54) is 15.1 Å². The summed E-state index contributed by atoms with van der Waals surface area (Å²) in [7, 11) is 1.57. The largest absolute Gasteiger partial charge is 0.383 e. The molecule has 29 heavy (non-hydrogen) atoms. The number of nitrogens with zero attached hydrogens (tertiary/aromatic N) is 2. The maximum atomic E-state index is 12.2. The minimum absolute atomic E-state index is 0.0871. The van der Waals surface area contributed by atoms with Crippen molar-refractivity contribution in [3.8, 4) is 0 Å². The third kappa shape index (κ3) is 4.43. The Balaban J connectivity index is 1.59. The zero-order valence-corrected chi connectivity index (χ0v) is 17.7. The fraction of sp³-hybridized carbons (Fsp3) is 0.333. The molecule has 8 heteroatoms. The first kappa shape index (κ1) is 19.9. The molecule has 0 spiro atoms. The van der Waals surface area contributed by atoms with Gasteiger partial charge in [-0.05, 0) is 41.1 Å². The first-order chi connectivity index (χ1) is 14.2. The Morgan fingerprint density at radius 1 is 1.24 bits per heavy atom. The number of anilines is 1. The number of hydrogen-bond acceptors (Lipinski definition) is 6. The van der Waals surface area contributed by atoms with Crippen molar-refractivity contribution in [2.45, 2.75) is 0 Å². The van der Waals surface area contributed by atoms with Crippen molar-refractivity contribution >= 4 is 59.8 Å². The Hall–Kier alpha value is -2.44. The second-order valence-corrected chi connectivity index (χ2v) is 8.83. The molecule has 3 aromatic rings. The summed E-state index contributed by atoms with van der Waals surface area (Å²) in [6.07, 6.45) is 1.66. The van der Waals surface area contributed by atoms with E-state index in [1.807, 2.05) is 6.07 Å². The van der Waals surface area contributed by atoms with Crippen molar-refractivity contribution in [3.05, 3.63) is 46.3 Å². The number of ether oxygens (including phenoxy) is 2. The molecule has 1 aromatic carbocycles. The molecule has 0 unspecified atom stereocenters. The molecule has 4 rings (SSSR count). The molecule has 0 bridgehead atoms. The van der Waals surface area contributed by atoms with E-state index in [0.29, 0.717) is 13.2 Å². The van der Waals surface area contributed by atoms with E-state index < -0.39 is 0 Å². The smallest absolute Gasteiger partial charge is 0.251 e. The molecule has 0 radical (unpaired) electrons. The van der Waals surface area contributed by atoms with Gasteiger partial charge in [0.2, 0.25) is 5.91 Å². The summed E-state index contributed by atoms with van der Waals surface area (Å²) in [4.78, 5) is 18.8. The van der Waals surface area contributed by atoms with E-state index in [1.54, 1.807) is 35.9 Å². The molecule has 1 N–H and O–H groups in total. The maximum absolute atomic E-state index is 12.2. The summed E-state index contributed by atoms with van der Waals surface area (Å²) in [6, 6.07) is 8.68. The van der Waals surface area contributed by atoms with Crippen LogP contribution in [0.3, 0.4) is 0 Å². The lowest BCUT2D eigenvalue weighted by Crippen LogP contribution is -2.35. The SMILES string of the molecule is [C-]#[N+]/C(=C\c1cc2cc3cc(N4CCOCC4)sc3cc2s1)C(=O)NCCOC. The predicted molar refractivity (Wildman–Crippen MR) is 120 cm³/mol. The van der Waals surface area contributed by atoms with Crippen LogP contribution in [0.5, 0.6) is 0 Å². The Bertz CT molecular complexity index is 1050. The van der Waals surface area contributed by atoms with Crippen molar-refractivity contribution in [1.29, 1.82) is 0 Å². The van der Waals surface area contributed by atoms with E-state index in [0.717, 1.165) is 41.3 Å². The van der Waals surface area contributed by atoms with Gasteiger partial charge in [-0.3, -0.25) is 4.79 Å². The molecule has 1 fully saturated rings. The second kappa shape index (κ2) is 8.93. The number of carbonyl (C=O) groups excluding carboxylic acids is 1. The number of methoxy groups -OCH3 is 1. The molecule has 3 heterocycles. The maximum Gasteiger partial charge on any atom is 0.251 e. The highest BCUT2D eigenvalue weighted by Gasteiger charge is 2.15. The molecule has 1 aliphatic rings. The summed E-state index contributed by atoms with van der Waals surface area (Å²) >= 11 is 3.39. The van der Waals surface area contributed by atoms with Gasteiger partial charge in [0.15, 0.2) is 0 Å². The van der Waals surface area contributed by atoms with Gasteiger partial charge < -0.3 is 19.7 Å². The third-order valence-corrected chi connectivity index (χ3v) is 6.91. The number of fused-ring (bicyclic) bond motifs is 2. The minimum Gasteiger partial charge on any atom is -0.383 e. The van der Waals surface area contributed by atoms with Crippen LogP contribution in [0.15, 0.2) is 30.0 Å². The van der Waals surface area contributed by atoms with Crippen LogP contribution < -0.4 is 10.2 Å². The zero-order valence-electron chi connectivity index (χ0n) is 16.1. The summed E-state index contributed by atoms with van der Waals surface area (Å²) in [5, 5.41) is 6.33. The zero-order chi connectivity index (χ0) is 20.2. The molecular weight excluding hydrogens is 406 g/mol. The number of rotatable bonds is 6. The lowest BCUT2D eigenvalue weighted by Gasteiger charge is -2.27. The average molecular weight is 428 g/mol. The molecule has 150 valence electrons. The molecule has 1 saturated heterocycles. The van der Waals surface area contributed by atoms with Crippen LogP contribution in [0.2, 0.25) is 0 Å². The molecule has 6 nitrogen and oxygen atoms in total. The molecule has 0 aliphatic carbocycles. The number of thiophene rings is 2. The first-order valence-electron chi connectivity index (χ1n) is 9.34. The Morgan fingerprint density at radius 3 is 2.76 bits per heavy atom. The third-order valence-electron chi connectivity index (χ3n) is 4.71. The predicted octanol–water partition coefficient (Wildman–Crippen LogP) is 3.98. The van der Waals surface area contributed by atoms with E-state index in [4.69, 9.17) is 16.0 Å². The second-order valence-electron chi connectivity index (χ2n) is 6.65. The van der Waals surface area contributed by atoms with Crippen molar-refractivity contribution < 1.29 is 14.3 Å². The van der Waals surface area contributed by atoms with Crippen LogP contribution in [0.4, 0.5) is 5.00 Å². The highest BCUT2D eigenvalue weighted by molar-refractivity contribution is 7.24. The van der Waals surface area contributed by atoms with Gasteiger partial charge in [0.1, 0.15) is 0 Å². The van der Waals surface area contributed by atoms with Crippen molar-refractivity contribution in [2.24, 2.45) is 0 Å². The van der Waals surface area contributed by atoms with Crippen molar-refractivity contribution in [3.63, 3.8) is 0 Å². The lowest BCUT2D eigenvalue weighted by molar-refractivity contribution is -0.117. The van der Waals surface area contributed by atoms with Gasteiger partial charge in [-0.25, -0.2) is 4.85 Å². The fourth-order valence-electron chi connectivity index (χ4n) is 3.23. The molecule has 0 atom stereocenters. The first-order valence-corrected chi connectivity index (χ1v) is 11.0. The highest BCUT2D eigenvalue weighted by Crippen LogP contribution is 2.38. The molecular formula is C21H21N3O3S2. The van der Waals surface area contributed by atoms with Crippen molar-refractivity contribution in [1.82, 2.24) is 5.32 Å². The normalized spacial score (nSPS) is 15.0. The standard InChI is InChI=1S/C21H21N3O3S2/c1-22-17(21(25)23-3-6-26-2)12-16-10-14-9-15-11-20(24-4-7-27-8-5-24)29-19(15)13-18(14)28-16/h9-13H,3-8H2,2H3,(H,23,25)/b17-12-. The highest BCUT2D eigenvalue weighted by atomic mass is 32.1. The Labute approximate surface area is 177 Å². The van der Waals surface area contributed by atoms with Crippen LogP contribution in [0, 0.1) is 6.57 Å². The summed E-state index contributed by atoms with van der Waals surface area (Å²) < 4.78 is 12.8. The van der Waals surface area contributed by atoms with Crippen LogP contribution in [0.1, 0.15) is 4.88 Å². The lowest BCUT2D eigenvalue weighted by atomic mass is 10.2. The number of hydrogen-bond donors (Lipinski definition) is 1. The topological polar surface area (TPSA) is 55.2 Å². The van der Waals surface area contributed by atoms with Crippen LogP contribution >= 0.6 is 22.7 Å². The number of nitrogens with one attached hydrogen (secondary N) is 1. The van der Waals surface area contributed by atoms with Crippen LogP contribution in [0.25, 0.3) is 31.1 Å².